The van der Waals surface area contributed by atoms with Crippen molar-refractivity contribution < 1.29 is 4.74 Å². The Morgan fingerprint density at radius 3 is 2.64 bits per heavy atom. The molecule has 6 heteroatoms. The quantitative estimate of drug-likeness (QED) is 0.838. The van der Waals surface area contributed by atoms with Gasteiger partial charge in [0.1, 0.15) is 11.9 Å². The fourth-order valence-electron chi connectivity index (χ4n) is 3.55. The lowest BCUT2D eigenvalue weighted by Gasteiger charge is -2.16. The van der Waals surface area contributed by atoms with Gasteiger partial charge >= 0.3 is 0 Å². The van der Waals surface area contributed by atoms with Crippen LogP contribution in [-0.2, 0) is 20.1 Å². The van der Waals surface area contributed by atoms with Crippen LogP contribution in [0.1, 0.15) is 42.5 Å². The second-order valence-corrected chi connectivity index (χ2v) is 7.04. The number of nitrogens with zero attached hydrogens (tertiary/aromatic N) is 4. The number of ether oxygens (including phenoxy) is 1. The Balaban J connectivity index is 1.54. The SMILES string of the molecule is Cc1nn(C)c(N(C)C)c1CNCc1ccc(OC2CCCC2)nc1. The van der Waals surface area contributed by atoms with Gasteiger partial charge in [0.05, 0.1) is 5.69 Å². The summed E-state index contributed by atoms with van der Waals surface area (Å²) in [6, 6.07) is 4.07. The highest BCUT2D eigenvalue weighted by molar-refractivity contribution is 5.48. The van der Waals surface area contributed by atoms with Gasteiger partial charge in [-0.2, -0.15) is 5.10 Å². The monoisotopic (exact) mass is 343 g/mol. The summed E-state index contributed by atoms with van der Waals surface area (Å²) in [6.45, 7) is 3.62. The third-order valence-corrected chi connectivity index (χ3v) is 4.75. The molecule has 6 nitrogen and oxygen atoms in total. The zero-order valence-electron chi connectivity index (χ0n) is 15.7. The molecule has 0 unspecified atom stereocenters. The molecule has 0 aromatic carbocycles. The van der Waals surface area contributed by atoms with E-state index in [1.54, 1.807) is 0 Å². The van der Waals surface area contributed by atoms with Crippen molar-refractivity contribution in [3.63, 3.8) is 0 Å². The van der Waals surface area contributed by atoms with Crippen LogP contribution < -0.4 is 15.0 Å². The average Bonchev–Trinajstić information content (AvgIpc) is 3.17. The number of hydrogen-bond acceptors (Lipinski definition) is 5. The molecule has 2 aromatic heterocycles. The number of anilines is 1. The van der Waals surface area contributed by atoms with Gasteiger partial charge in [0.15, 0.2) is 0 Å². The molecule has 25 heavy (non-hydrogen) atoms. The van der Waals surface area contributed by atoms with Crippen LogP contribution in [0.15, 0.2) is 18.3 Å². The highest BCUT2D eigenvalue weighted by Crippen LogP contribution is 2.23. The highest BCUT2D eigenvalue weighted by Gasteiger charge is 2.17. The molecule has 1 aliphatic carbocycles. The molecule has 0 spiro atoms. The van der Waals surface area contributed by atoms with Gasteiger partial charge in [-0.05, 0) is 38.2 Å². The lowest BCUT2D eigenvalue weighted by molar-refractivity contribution is 0.201. The van der Waals surface area contributed by atoms with Gasteiger partial charge in [-0.1, -0.05) is 6.07 Å². The number of aryl methyl sites for hydroxylation is 2. The lowest BCUT2D eigenvalue weighted by atomic mass is 10.2. The molecular formula is C19H29N5O. The summed E-state index contributed by atoms with van der Waals surface area (Å²) < 4.78 is 7.85. The van der Waals surface area contributed by atoms with E-state index in [9.17, 15) is 0 Å². The van der Waals surface area contributed by atoms with E-state index in [4.69, 9.17) is 4.74 Å². The Hall–Kier alpha value is -2.08. The molecular weight excluding hydrogens is 314 g/mol. The van der Waals surface area contributed by atoms with Crippen molar-refractivity contribution >= 4 is 5.82 Å². The maximum absolute atomic E-state index is 5.92. The van der Waals surface area contributed by atoms with Gasteiger partial charge in [0, 0.05) is 52.1 Å². The van der Waals surface area contributed by atoms with Crippen LogP contribution in [-0.4, -0.2) is 35.0 Å². The summed E-state index contributed by atoms with van der Waals surface area (Å²) in [6.07, 6.45) is 7.12. The van der Waals surface area contributed by atoms with E-state index >= 15 is 0 Å². The van der Waals surface area contributed by atoms with E-state index < -0.39 is 0 Å². The highest BCUT2D eigenvalue weighted by atomic mass is 16.5. The minimum atomic E-state index is 0.356. The topological polar surface area (TPSA) is 55.2 Å². The largest absolute Gasteiger partial charge is 0.474 e. The van der Waals surface area contributed by atoms with Crippen LogP contribution >= 0.6 is 0 Å². The zero-order valence-corrected chi connectivity index (χ0v) is 15.7. The van der Waals surface area contributed by atoms with Crippen LogP contribution in [0.2, 0.25) is 0 Å². The third-order valence-electron chi connectivity index (χ3n) is 4.75. The molecule has 136 valence electrons. The Bertz CT molecular complexity index is 687. The van der Waals surface area contributed by atoms with Crippen LogP contribution in [0.3, 0.4) is 0 Å². The smallest absolute Gasteiger partial charge is 0.213 e. The number of pyridine rings is 1. The first-order chi connectivity index (χ1) is 12.0. The molecule has 1 saturated carbocycles. The van der Waals surface area contributed by atoms with Crippen molar-refractivity contribution in [2.45, 2.75) is 51.8 Å². The van der Waals surface area contributed by atoms with Crippen molar-refractivity contribution in [1.82, 2.24) is 20.1 Å². The van der Waals surface area contributed by atoms with Crippen molar-refractivity contribution in [3.05, 3.63) is 35.2 Å². The third kappa shape index (κ3) is 4.31. The van der Waals surface area contributed by atoms with Gasteiger partial charge in [-0.15, -0.1) is 0 Å². The molecule has 0 atom stereocenters. The number of hydrogen-bond donors (Lipinski definition) is 1. The fraction of sp³-hybridized carbons (Fsp3) is 0.579. The van der Waals surface area contributed by atoms with Crippen LogP contribution in [0.4, 0.5) is 5.82 Å². The summed E-state index contributed by atoms with van der Waals surface area (Å²) in [7, 11) is 6.08. The van der Waals surface area contributed by atoms with E-state index in [1.165, 1.54) is 18.4 Å². The van der Waals surface area contributed by atoms with Crippen molar-refractivity contribution in [3.8, 4) is 5.88 Å². The predicted octanol–water partition coefficient (Wildman–Crippen LogP) is 2.80. The molecule has 1 N–H and O–H groups in total. The molecule has 0 amide bonds. The molecule has 1 aliphatic rings. The zero-order chi connectivity index (χ0) is 17.8. The summed E-state index contributed by atoms with van der Waals surface area (Å²) >= 11 is 0. The summed E-state index contributed by atoms with van der Waals surface area (Å²) in [5.41, 5.74) is 3.46. The number of aromatic nitrogens is 3. The summed E-state index contributed by atoms with van der Waals surface area (Å²) in [4.78, 5) is 6.55. The summed E-state index contributed by atoms with van der Waals surface area (Å²) in [5, 5.41) is 8.02. The van der Waals surface area contributed by atoms with Crippen molar-refractivity contribution in [2.24, 2.45) is 7.05 Å². The van der Waals surface area contributed by atoms with E-state index in [0.29, 0.717) is 6.10 Å². The van der Waals surface area contributed by atoms with E-state index in [2.05, 4.69) is 33.3 Å². The van der Waals surface area contributed by atoms with Crippen LogP contribution in [0, 0.1) is 6.92 Å². The fourth-order valence-corrected chi connectivity index (χ4v) is 3.55. The maximum Gasteiger partial charge on any atom is 0.213 e. The van der Waals surface area contributed by atoms with E-state index in [0.717, 1.165) is 48.9 Å². The van der Waals surface area contributed by atoms with Gasteiger partial charge in [0.25, 0.3) is 0 Å². The molecule has 2 aromatic rings. The first-order valence-electron chi connectivity index (χ1n) is 9.06. The van der Waals surface area contributed by atoms with E-state index in [-0.39, 0.29) is 0 Å². The number of rotatable bonds is 7. The van der Waals surface area contributed by atoms with Gasteiger partial charge in [0.2, 0.25) is 5.88 Å². The normalized spacial score (nSPS) is 14.9. The van der Waals surface area contributed by atoms with Gasteiger partial charge in [-0.25, -0.2) is 4.98 Å². The minimum absolute atomic E-state index is 0.356. The second kappa shape index (κ2) is 7.87. The molecule has 0 aliphatic heterocycles. The molecule has 0 bridgehead atoms. The van der Waals surface area contributed by atoms with Crippen molar-refractivity contribution in [2.75, 3.05) is 19.0 Å². The second-order valence-electron chi connectivity index (χ2n) is 7.04. The predicted molar refractivity (Wildman–Crippen MR) is 99.9 cm³/mol. The first-order valence-corrected chi connectivity index (χ1v) is 9.06. The van der Waals surface area contributed by atoms with Gasteiger partial charge < -0.3 is 15.0 Å². The molecule has 0 radical (unpaired) electrons. The molecule has 1 fully saturated rings. The Morgan fingerprint density at radius 2 is 2.00 bits per heavy atom. The van der Waals surface area contributed by atoms with E-state index in [1.807, 2.05) is 38.1 Å². The van der Waals surface area contributed by atoms with Gasteiger partial charge in [-0.3, -0.25) is 4.68 Å². The maximum atomic E-state index is 5.92. The Labute approximate surface area is 150 Å². The Kier molecular flexibility index (Phi) is 5.58. The van der Waals surface area contributed by atoms with Crippen LogP contribution in [0.25, 0.3) is 0 Å². The first kappa shape index (κ1) is 17.7. The number of nitrogens with one attached hydrogen (secondary N) is 1. The lowest BCUT2D eigenvalue weighted by Crippen LogP contribution is -2.19. The summed E-state index contributed by atoms with van der Waals surface area (Å²) in [5.74, 6) is 1.89. The average molecular weight is 343 g/mol. The molecule has 0 saturated heterocycles. The Morgan fingerprint density at radius 1 is 1.24 bits per heavy atom. The van der Waals surface area contributed by atoms with Crippen LogP contribution in [0.5, 0.6) is 5.88 Å². The standard InChI is InChI=1S/C19H29N5O/c1-14-17(19(23(2)3)24(4)22-14)13-20-11-15-9-10-18(21-12-15)25-16-7-5-6-8-16/h9-10,12,16,20H,5-8,11,13H2,1-4H3. The molecule has 3 rings (SSSR count). The van der Waals surface area contributed by atoms with Crippen molar-refractivity contribution in [1.29, 1.82) is 0 Å². The minimum Gasteiger partial charge on any atom is -0.474 e. The molecule has 2 heterocycles.